The lowest BCUT2D eigenvalue weighted by molar-refractivity contribution is 0.483. The smallest absolute Gasteiger partial charge is 0.137 e. The minimum absolute atomic E-state index is 0.187. The Morgan fingerprint density at radius 1 is 1.22 bits per heavy atom. The lowest BCUT2D eigenvalue weighted by Crippen LogP contribution is -2.14. The molecule has 18 heavy (non-hydrogen) atoms. The van der Waals surface area contributed by atoms with Gasteiger partial charge >= 0.3 is 0 Å². The number of hydrogen-bond acceptors (Lipinski definition) is 1. The topological polar surface area (TPSA) is 12.0 Å². The van der Waals surface area contributed by atoms with Crippen LogP contribution in [0.5, 0.6) is 0 Å². The van der Waals surface area contributed by atoms with E-state index in [0.29, 0.717) is 4.47 Å². The van der Waals surface area contributed by atoms with Gasteiger partial charge < -0.3 is 5.32 Å². The van der Waals surface area contributed by atoms with Crippen molar-refractivity contribution in [1.82, 2.24) is 0 Å². The van der Waals surface area contributed by atoms with Crippen LogP contribution in [0.2, 0.25) is 0 Å². The Hall–Kier alpha value is -0.570. The molecule has 0 aliphatic heterocycles. The molecule has 1 aliphatic rings. The van der Waals surface area contributed by atoms with Gasteiger partial charge in [0.25, 0.3) is 0 Å². The van der Waals surface area contributed by atoms with Crippen LogP contribution >= 0.6 is 15.9 Å². The molecule has 1 saturated carbocycles. The van der Waals surface area contributed by atoms with Gasteiger partial charge in [-0.2, -0.15) is 0 Å². The maximum Gasteiger partial charge on any atom is 0.137 e. The second-order valence-electron chi connectivity index (χ2n) is 5.32. The first kappa shape index (κ1) is 13.9. The predicted molar refractivity (Wildman–Crippen MR) is 78.5 cm³/mol. The summed E-state index contributed by atoms with van der Waals surface area (Å²) >= 11 is 3.24. The second-order valence-corrected chi connectivity index (χ2v) is 6.17. The van der Waals surface area contributed by atoms with E-state index in [-0.39, 0.29) is 5.82 Å². The summed E-state index contributed by atoms with van der Waals surface area (Å²) in [6.45, 7) is 2.96. The quantitative estimate of drug-likeness (QED) is 0.749. The third-order valence-corrected chi connectivity index (χ3v) is 4.43. The van der Waals surface area contributed by atoms with Crippen molar-refractivity contribution in [2.75, 3.05) is 11.9 Å². The Morgan fingerprint density at radius 3 is 2.56 bits per heavy atom. The van der Waals surface area contributed by atoms with Gasteiger partial charge in [-0.3, -0.25) is 0 Å². The van der Waals surface area contributed by atoms with Crippen molar-refractivity contribution in [3.63, 3.8) is 0 Å². The molecule has 0 bridgehead atoms. The van der Waals surface area contributed by atoms with Gasteiger partial charge in [0.2, 0.25) is 0 Å². The Labute approximate surface area is 117 Å². The van der Waals surface area contributed by atoms with Gasteiger partial charge in [0.1, 0.15) is 5.82 Å². The molecule has 1 nitrogen and oxygen atoms in total. The number of aryl methyl sites for hydroxylation is 1. The summed E-state index contributed by atoms with van der Waals surface area (Å²) in [5.41, 5.74) is 2.02. The largest absolute Gasteiger partial charge is 0.385 e. The minimum atomic E-state index is -0.187. The molecular formula is C15H21BrFN. The molecule has 1 fully saturated rings. The fourth-order valence-electron chi connectivity index (χ4n) is 2.66. The minimum Gasteiger partial charge on any atom is -0.385 e. The van der Waals surface area contributed by atoms with Gasteiger partial charge in [-0.25, -0.2) is 4.39 Å². The van der Waals surface area contributed by atoms with E-state index in [1.165, 1.54) is 38.5 Å². The van der Waals surface area contributed by atoms with Crippen molar-refractivity contribution in [2.24, 2.45) is 5.92 Å². The Morgan fingerprint density at radius 2 is 1.89 bits per heavy atom. The molecule has 0 saturated heterocycles. The van der Waals surface area contributed by atoms with Crippen molar-refractivity contribution in [2.45, 2.75) is 45.4 Å². The molecule has 1 aliphatic carbocycles. The van der Waals surface area contributed by atoms with E-state index in [1.807, 2.05) is 13.0 Å². The third kappa shape index (κ3) is 3.71. The van der Waals surface area contributed by atoms with E-state index in [1.54, 1.807) is 6.07 Å². The van der Waals surface area contributed by atoms with Crippen LogP contribution in [0.25, 0.3) is 0 Å². The first-order chi connectivity index (χ1) is 8.66. The number of hydrogen-bond donors (Lipinski definition) is 1. The summed E-state index contributed by atoms with van der Waals surface area (Å²) in [6.07, 6.45) is 8.15. The summed E-state index contributed by atoms with van der Waals surface area (Å²) in [5.74, 6) is 0.586. The molecule has 0 unspecified atom stereocenters. The third-order valence-electron chi connectivity index (χ3n) is 3.82. The van der Waals surface area contributed by atoms with Crippen LogP contribution in [0.1, 0.15) is 44.1 Å². The number of rotatable bonds is 3. The van der Waals surface area contributed by atoms with Gasteiger partial charge in [-0.15, -0.1) is 0 Å². The molecule has 3 heteroatoms. The molecule has 0 amide bonds. The van der Waals surface area contributed by atoms with Crippen molar-refractivity contribution in [3.8, 4) is 0 Å². The number of halogens is 2. The molecule has 100 valence electrons. The fourth-order valence-corrected chi connectivity index (χ4v) is 3.00. The van der Waals surface area contributed by atoms with E-state index >= 15 is 0 Å². The maximum absolute atomic E-state index is 13.3. The molecule has 0 spiro atoms. The maximum atomic E-state index is 13.3. The monoisotopic (exact) mass is 313 g/mol. The zero-order valence-electron chi connectivity index (χ0n) is 10.9. The molecule has 1 N–H and O–H groups in total. The second kappa shape index (κ2) is 6.55. The molecule has 0 aromatic heterocycles. The summed E-state index contributed by atoms with van der Waals surface area (Å²) < 4.78 is 13.9. The summed E-state index contributed by atoms with van der Waals surface area (Å²) in [5, 5.41) is 3.48. The van der Waals surface area contributed by atoms with Crippen molar-refractivity contribution in [3.05, 3.63) is 28.0 Å². The average Bonchev–Trinajstić information content (AvgIpc) is 2.60. The zero-order valence-corrected chi connectivity index (χ0v) is 12.5. The van der Waals surface area contributed by atoms with Crippen LogP contribution < -0.4 is 5.32 Å². The SMILES string of the molecule is Cc1cc(F)c(Br)cc1NCC1CCCCCC1. The number of nitrogens with one attached hydrogen (secondary N) is 1. The van der Waals surface area contributed by atoms with Crippen LogP contribution in [0.3, 0.4) is 0 Å². The highest BCUT2D eigenvalue weighted by Crippen LogP contribution is 2.26. The highest BCUT2D eigenvalue weighted by atomic mass is 79.9. The van der Waals surface area contributed by atoms with E-state index in [4.69, 9.17) is 0 Å². The van der Waals surface area contributed by atoms with Crippen LogP contribution in [-0.4, -0.2) is 6.54 Å². The first-order valence-corrected chi connectivity index (χ1v) is 7.65. The van der Waals surface area contributed by atoms with Crippen molar-refractivity contribution in [1.29, 1.82) is 0 Å². The predicted octanol–water partition coefficient (Wildman–Crippen LogP) is 5.28. The Balaban J connectivity index is 1.94. The molecule has 0 radical (unpaired) electrons. The van der Waals surface area contributed by atoms with Gasteiger partial charge in [-0.1, -0.05) is 25.7 Å². The van der Waals surface area contributed by atoms with Gasteiger partial charge in [0.05, 0.1) is 4.47 Å². The van der Waals surface area contributed by atoms with E-state index in [2.05, 4.69) is 21.2 Å². The molecule has 0 heterocycles. The molecular weight excluding hydrogens is 293 g/mol. The number of anilines is 1. The van der Waals surface area contributed by atoms with Gasteiger partial charge in [0, 0.05) is 12.2 Å². The highest BCUT2D eigenvalue weighted by molar-refractivity contribution is 9.10. The number of benzene rings is 1. The highest BCUT2D eigenvalue weighted by Gasteiger charge is 2.13. The van der Waals surface area contributed by atoms with E-state index in [9.17, 15) is 4.39 Å². The van der Waals surface area contributed by atoms with Gasteiger partial charge in [0.15, 0.2) is 0 Å². The van der Waals surface area contributed by atoms with Gasteiger partial charge in [-0.05, 0) is 59.3 Å². The molecule has 1 aromatic rings. The first-order valence-electron chi connectivity index (χ1n) is 6.86. The van der Waals surface area contributed by atoms with Crippen molar-refractivity contribution >= 4 is 21.6 Å². The van der Waals surface area contributed by atoms with E-state index in [0.717, 1.165) is 23.7 Å². The molecule has 0 atom stereocenters. The fraction of sp³-hybridized carbons (Fsp3) is 0.600. The zero-order chi connectivity index (χ0) is 13.0. The average molecular weight is 314 g/mol. The van der Waals surface area contributed by atoms with E-state index < -0.39 is 0 Å². The van der Waals surface area contributed by atoms with Crippen LogP contribution in [-0.2, 0) is 0 Å². The van der Waals surface area contributed by atoms with Crippen LogP contribution in [0.15, 0.2) is 16.6 Å². The standard InChI is InChI=1S/C15H21BrFN/c1-11-8-14(17)13(16)9-15(11)18-10-12-6-4-2-3-5-7-12/h8-9,12,18H,2-7,10H2,1H3. The molecule has 2 rings (SSSR count). The summed E-state index contributed by atoms with van der Waals surface area (Å²) in [7, 11) is 0. The molecule has 1 aromatic carbocycles. The lowest BCUT2D eigenvalue weighted by Gasteiger charge is -2.17. The van der Waals surface area contributed by atoms with Crippen LogP contribution in [0.4, 0.5) is 10.1 Å². The Kier molecular flexibility index (Phi) is 5.04. The lowest BCUT2D eigenvalue weighted by atomic mass is 10.0. The van der Waals surface area contributed by atoms with Crippen LogP contribution in [0, 0.1) is 18.7 Å². The normalized spacial score (nSPS) is 17.5. The Bertz CT molecular complexity index is 398. The van der Waals surface area contributed by atoms with Crippen molar-refractivity contribution < 1.29 is 4.39 Å². The summed E-state index contributed by atoms with van der Waals surface area (Å²) in [6, 6.07) is 3.43. The summed E-state index contributed by atoms with van der Waals surface area (Å²) in [4.78, 5) is 0.